The molecule has 3 saturated heterocycles. The first-order valence-electron chi connectivity index (χ1n) is 12.3. The average Bonchev–Trinajstić information content (AvgIpc) is 3.47. The predicted octanol–water partition coefficient (Wildman–Crippen LogP) is 2.96. The lowest BCUT2D eigenvalue weighted by molar-refractivity contribution is -0.258. The third-order valence-corrected chi connectivity index (χ3v) is 10.3. The van der Waals surface area contributed by atoms with Crippen LogP contribution >= 0.6 is 12.2 Å². The van der Waals surface area contributed by atoms with Gasteiger partial charge in [0.15, 0.2) is 5.60 Å². The van der Waals surface area contributed by atoms with Crippen molar-refractivity contribution in [3.05, 3.63) is 53.0 Å². The number of benzene rings is 1. The molecular formula is C25H30F3N3O4S2. The molecule has 4 aliphatic rings. The summed E-state index contributed by atoms with van der Waals surface area (Å²) in [4.78, 5) is 4.92. The minimum Gasteiger partial charge on any atom is -0.376 e. The van der Waals surface area contributed by atoms with Gasteiger partial charge < -0.3 is 14.7 Å². The van der Waals surface area contributed by atoms with Gasteiger partial charge in [-0.3, -0.25) is 4.90 Å². The van der Waals surface area contributed by atoms with Crippen LogP contribution in [0.5, 0.6) is 0 Å². The van der Waals surface area contributed by atoms with E-state index in [-0.39, 0.29) is 41.7 Å². The third-order valence-electron chi connectivity index (χ3n) is 7.80. The van der Waals surface area contributed by atoms with Gasteiger partial charge in [0.05, 0.1) is 23.7 Å². The Balaban J connectivity index is 1.40. The molecule has 1 aromatic rings. The van der Waals surface area contributed by atoms with Crippen molar-refractivity contribution < 1.29 is 31.4 Å². The molecule has 0 aromatic heterocycles. The van der Waals surface area contributed by atoms with Gasteiger partial charge >= 0.3 is 6.18 Å². The van der Waals surface area contributed by atoms with Gasteiger partial charge in [-0.25, -0.2) is 8.42 Å². The van der Waals surface area contributed by atoms with E-state index in [0.717, 1.165) is 19.9 Å². The number of morpholine rings is 1. The van der Waals surface area contributed by atoms with Crippen LogP contribution in [0.4, 0.5) is 18.9 Å². The van der Waals surface area contributed by atoms with Crippen LogP contribution in [0, 0.1) is 0 Å². The second-order valence-electron chi connectivity index (χ2n) is 10.2. The summed E-state index contributed by atoms with van der Waals surface area (Å²) in [5, 5.41) is 10.0. The van der Waals surface area contributed by atoms with Gasteiger partial charge in [-0.1, -0.05) is 36.5 Å². The number of sulfonamides is 1. The largest absolute Gasteiger partial charge is 0.421 e. The van der Waals surface area contributed by atoms with E-state index in [2.05, 4.69) is 9.80 Å². The van der Waals surface area contributed by atoms with Crippen LogP contribution in [0.1, 0.15) is 25.3 Å². The molecule has 3 fully saturated rings. The number of thiocarbonyl (C=S) groups is 1. The highest BCUT2D eigenvalue weighted by molar-refractivity contribution is 7.96. The number of fused-ring (bicyclic) bond motifs is 2. The summed E-state index contributed by atoms with van der Waals surface area (Å²) in [5.74, 6) is 0. The number of aliphatic hydroxyl groups is 1. The van der Waals surface area contributed by atoms with Crippen molar-refractivity contribution >= 4 is 32.8 Å². The van der Waals surface area contributed by atoms with Crippen LogP contribution < -0.4 is 4.90 Å². The van der Waals surface area contributed by atoms with E-state index in [1.54, 1.807) is 24.3 Å². The maximum absolute atomic E-state index is 13.5. The maximum Gasteiger partial charge on any atom is 0.421 e. The van der Waals surface area contributed by atoms with Gasteiger partial charge in [-0.15, -0.1) is 0 Å². The smallest absolute Gasteiger partial charge is 0.376 e. The van der Waals surface area contributed by atoms with E-state index in [1.165, 1.54) is 16.4 Å². The lowest BCUT2D eigenvalue weighted by atomic mass is 9.95. The predicted molar refractivity (Wildman–Crippen MR) is 138 cm³/mol. The Hall–Kier alpha value is -1.83. The summed E-state index contributed by atoms with van der Waals surface area (Å²) >= 11 is 5.34. The standard InChI is InChI=1S/C25H30F3N3O4S2/c1-24(32,25(26,27)28)17-6-8-18(9-7-17)31-11-10-30(37(33,34)23-5-3-2-4-22(23)36)14-20(31)13-29-15-21-12-19(29)16-35-21/h2-3,5-9,19-21,32H,4,10-16H2,1H3/t19-,20+,21-,24-/m1/s1. The molecule has 1 aromatic carbocycles. The molecule has 4 atom stereocenters. The SMILES string of the molecule is C[C@@](O)(c1ccc(N2CCN(S(=O)(=O)C3=CC=CCC3=S)C[C@@H]2CN2C[C@H]3C[C@@H]2CO3)cc1)C(F)(F)F. The topological polar surface area (TPSA) is 73.3 Å². The summed E-state index contributed by atoms with van der Waals surface area (Å²) in [7, 11) is -3.79. The summed E-state index contributed by atoms with van der Waals surface area (Å²) in [6.45, 7) is 3.57. The van der Waals surface area contributed by atoms with E-state index in [0.29, 0.717) is 36.7 Å². The number of allylic oxidation sites excluding steroid dienone is 4. The minimum absolute atomic E-state index is 0.157. The Bertz CT molecular complexity index is 1210. The molecule has 37 heavy (non-hydrogen) atoms. The van der Waals surface area contributed by atoms with E-state index in [9.17, 15) is 26.7 Å². The van der Waals surface area contributed by atoms with Gasteiger partial charge in [0, 0.05) is 55.7 Å². The normalized spacial score (nSPS) is 29.0. The number of ether oxygens (including phenoxy) is 1. The van der Waals surface area contributed by atoms with E-state index in [4.69, 9.17) is 17.0 Å². The van der Waals surface area contributed by atoms with Crippen LogP contribution in [0.15, 0.2) is 47.4 Å². The molecule has 2 bridgehead atoms. The van der Waals surface area contributed by atoms with Crippen molar-refractivity contribution in [2.24, 2.45) is 0 Å². The highest BCUT2D eigenvalue weighted by Gasteiger charge is 2.51. The van der Waals surface area contributed by atoms with Crippen molar-refractivity contribution in [2.75, 3.05) is 44.2 Å². The molecule has 202 valence electrons. The summed E-state index contributed by atoms with van der Waals surface area (Å²) in [5.41, 5.74) is -2.53. The van der Waals surface area contributed by atoms with Crippen LogP contribution in [-0.4, -0.2) is 91.3 Å². The number of alkyl halides is 3. The van der Waals surface area contributed by atoms with Crippen molar-refractivity contribution in [3.8, 4) is 0 Å². The zero-order chi connectivity index (χ0) is 26.6. The van der Waals surface area contributed by atoms with E-state index >= 15 is 0 Å². The fraction of sp³-hybridized carbons (Fsp3) is 0.560. The molecule has 0 unspecified atom stereocenters. The zero-order valence-electron chi connectivity index (χ0n) is 20.4. The number of rotatable bonds is 6. The number of anilines is 1. The molecule has 7 nitrogen and oxygen atoms in total. The number of halogens is 3. The monoisotopic (exact) mass is 557 g/mol. The van der Waals surface area contributed by atoms with Gasteiger partial charge in [0.1, 0.15) is 0 Å². The van der Waals surface area contributed by atoms with Crippen LogP contribution in [-0.2, 0) is 20.4 Å². The van der Waals surface area contributed by atoms with E-state index < -0.39 is 21.8 Å². The molecule has 1 aliphatic carbocycles. The fourth-order valence-corrected chi connectivity index (χ4v) is 7.62. The van der Waals surface area contributed by atoms with Crippen molar-refractivity contribution in [2.45, 2.75) is 49.7 Å². The first-order chi connectivity index (χ1) is 17.4. The zero-order valence-corrected chi connectivity index (χ0v) is 22.0. The first kappa shape index (κ1) is 26.8. The molecule has 3 aliphatic heterocycles. The summed E-state index contributed by atoms with van der Waals surface area (Å²) < 4.78 is 74.1. The number of hydrogen-bond donors (Lipinski definition) is 1. The van der Waals surface area contributed by atoms with E-state index in [1.807, 2.05) is 6.08 Å². The molecule has 0 saturated carbocycles. The molecular weight excluding hydrogens is 527 g/mol. The number of nitrogens with zero attached hydrogens (tertiary/aromatic N) is 3. The van der Waals surface area contributed by atoms with Gasteiger partial charge in [0.2, 0.25) is 10.0 Å². The summed E-state index contributed by atoms with van der Waals surface area (Å²) in [6, 6.07) is 5.75. The number of likely N-dealkylation sites (tertiary alicyclic amines) is 1. The molecule has 0 amide bonds. The lowest BCUT2D eigenvalue weighted by Crippen LogP contribution is -2.59. The molecule has 1 N–H and O–H groups in total. The van der Waals surface area contributed by atoms with Gasteiger partial charge in [-0.2, -0.15) is 17.5 Å². The molecule has 0 spiro atoms. The Kier molecular flexibility index (Phi) is 7.04. The second kappa shape index (κ2) is 9.73. The van der Waals surface area contributed by atoms with Crippen molar-refractivity contribution in [1.82, 2.24) is 9.21 Å². The maximum atomic E-state index is 13.5. The number of piperazine rings is 1. The van der Waals surface area contributed by atoms with Gasteiger partial charge in [0.25, 0.3) is 0 Å². The quantitative estimate of drug-likeness (QED) is 0.540. The Morgan fingerprint density at radius 1 is 1.16 bits per heavy atom. The molecule has 12 heteroatoms. The van der Waals surface area contributed by atoms with Gasteiger partial charge in [-0.05, 0) is 37.1 Å². The lowest BCUT2D eigenvalue weighted by Gasteiger charge is -2.45. The Morgan fingerprint density at radius 2 is 1.89 bits per heavy atom. The molecule has 0 radical (unpaired) electrons. The van der Waals surface area contributed by atoms with Crippen LogP contribution in [0.3, 0.4) is 0 Å². The first-order valence-corrected chi connectivity index (χ1v) is 14.1. The van der Waals surface area contributed by atoms with Crippen molar-refractivity contribution in [3.63, 3.8) is 0 Å². The highest BCUT2D eigenvalue weighted by atomic mass is 32.2. The second-order valence-corrected chi connectivity index (χ2v) is 12.6. The average molecular weight is 558 g/mol. The summed E-state index contributed by atoms with van der Waals surface area (Å²) in [6.07, 6.45) is 1.81. The van der Waals surface area contributed by atoms with Crippen molar-refractivity contribution in [1.29, 1.82) is 0 Å². The minimum atomic E-state index is -4.81. The van der Waals surface area contributed by atoms with Crippen LogP contribution in [0.2, 0.25) is 0 Å². The Morgan fingerprint density at radius 3 is 2.49 bits per heavy atom. The van der Waals surface area contributed by atoms with Crippen LogP contribution in [0.25, 0.3) is 0 Å². The number of hydrogen-bond acceptors (Lipinski definition) is 7. The third kappa shape index (κ3) is 4.99. The molecule has 3 heterocycles. The Labute approximate surface area is 220 Å². The highest BCUT2D eigenvalue weighted by Crippen LogP contribution is 2.39. The molecule has 5 rings (SSSR count). The fourth-order valence-electron chi connectivity index (χ4n) is 5.55.